The Hall–Kier alpha value is -2.87. The Morgan fingerprint density at radius 3 is 2.75 bits per heavy atom. The van der Waals surface area contributed by atoms with Crippen molar-refractivity contribution in [3.63, 3.8) is 0 Å². The number of hydrogen-bond donors (Lipinski definition) is 2. The predicted octanol–water partition coefficient (Wildman–Crippen LogP) is 3.54. The molecule has 1 saturated carbocycles. The van der Waals surface area contributed by atoms with E-state index in [9.17, 15) is 9.59 Å². The van der Waals surface area contributed by atoms with Crippen LogP contribution in [0, 0.1) is 6.92 Å². The first kappa shape index (κ1) is 18.5. The molecule has 1 atom stereocenters. The number of hydrogen-bond acceptors (Lipinski definition) is 6. The highest BCUT2D eigenvalue weighted by Crippen LogP contribution is 2.28. The molecule has 0 unspecified atom stereocenters. The number of pyridine rings is 1. The van der Waals surface area contributed by atoms with E-state index in [1.807, 2.05) is 24.3 Å². The van der Waals surface area contributed by atoms with Crippen LogP contribution in [0.4, 0.5) is 5.88 Å². The number of amides is 2. The standard InChI is InChI=1S/C20H20N4O3S/c1-11-9-17(27-24-11)23-19(25)12(2)28-18-10-15(20(26)21-13-7-8-13)14-5-3-4-6-16(14)22-18/h3-6,9-10,12-13H,7-8H2,1-2H3,(H,21,26)(H,23,25)/t12-/m1/s1. The summed E-state index contributed by atoms with van der Waals surface area (Å²) in [6.07, 6.45) is 2.04. The molecule has 0 aliphatic heterocycles. The number of nitrogens with zero attached hydrogens (tertiary/aromatic N) is 2. The summed E-state index contributed by atoms with van der Waals surface area (Å²) in [6.45, 7) is 3.56. The third kappa shape index (κ3) is 4.17. The minimum absolute atomic E-state index is 0.0998. The van der Waals surface area contributed by atoms with Gasteiger partial charge in [-0.15, -0.1) is 0 Å². The number of thioether (sulfide) groups is 1. The van der Waals surface area contributed by atoms with E-state index < -0.39 is 5.25 Å². The van der Waals surface area contributed by atoms with Gasteiger partial charge in [-0.3, -0.25) is 14.9 Å². The average molecular weight is 396 g/mol. The molecular weight excluding hydrogens is 376 g/mol. The van der Waals surface area contributed by atoms with Crippen molar-refractivity contribution in [2.45, 2.75) is 43.0 Å². The summed E-state index contributed by atoms with van der Waals surface area (Å²) < 4.78 is 5.03. The van der Waals surface area contributed by atoms with Gasteiger partial charge in [-0.05, 0) is 38.8 Å². The maximum absolute atomic E-state index is 12.7. The van der Waals surface area contributed by atoms with E-state index in [1.165, 1.54) is 11.8 Å². The van der Waals surface area contributed by atoms with E-state index in [4.69, 9.17) is 4.52 Å². The van der Waals surface area contributed by atoms with E-state index in [0.717, 1.165) is 23.7 Å². The number of aromatic nitrogens is 2. The van der Waals surface area contributed by atoms with Gasteiger partial charge in [-0.25, -0.2) is 4.98 Å². The van der Waals surface area contributed by atoms with Gasteiger partial charge in [0, 0.05) is 17.5 Å². The Kier molecular flexibility index (Phi) is 5.04. The second kappa shape index (κ2) is 7.63. The molecule has 2 N–H and O–H groups in total. The molecule has 3 aromatic rings. The van der Waals surface area contributed by atoms with Crippen molar-refractivity contribution in [1.82, 2.24) is 15.5 Å². The van der Waals surface area contributed by atoms with Crippen molar-refractivity contribution in [1.29, 1.82) is 0 Å². The molecule has 28 heavy (non-hydrogen) atoms. The molecule has 2 amide bonds. The highest BCUT2D eigenvalue weighted by molar-refractivity contribution is 8.00. The predicted molar refractivity (Wildman–Crippen MR) is 107 cm³/mol. The van der Waals surface area contributed by atoms with E-state index in [0.29, 0.717) is 22.2 Å². The second-order valence-electron chi connectivity index (χ2n) is 6.85. The number of carbonyl (C=O) groups excluding carboxylic acids is 2. The summed E-state index contributed by atoms with van der Waals surface area (Å²) in [5.74, 6) is -0.0109. The largest absolute Gasteiger partial charge is 0.349 e. The van der Waals surface area contributed by atoms with Gasteiger partial charge in [0.05, 0.1) is 27.0 Å². The molecule has 8 heteroatoms. The molecule has 0 bridgehead atoms. The quantitative estimate of drug-likeness (QED) is 0.619. The van der Waals surface area contributed by atoms with Crippen molar-refractivity contribution in [3.05, 3.63) is 47.7 Å². The van der Waals surface area contributed by atoms with Gasteiger partial charge < -0.3 is 9.84 Å². The van der Waals surface area contributed by atoms with Crippen LogP contribution in [0.3, 0.4) is 0 Å². The first-order valence-corrected chi connectivity index (χ1v) is 9.99. The van der Waals surface area contributed by atoms with Gasteiger partial charge in [0.25, 0.3) is 5.91 Å². The molecular formula is C20H20N4O3S. The third-order valence-electron chi connectivity index (χ3n) is 4.39. The number of aryl methyl sites for hydroxylation is 1. The van der Waals surface area contributed by atoms with Gasteiger partial charge in [-0.2, -0.15) is 0 Å². The van der Waals surface area contributed by atoms with Crippen LogP contribution >= 0.6 is 11.8 Å². The lowest BCUT2D eigenvalue weighted by Gasteiger charge is -2.13. The molecule has 0 spiro atoms. The molecule has 1 fully saturated rings. The van der Waals surface area contributed by atoms with Crippen LogP contribution < -0.4 is 10.6 Å². The van der Waals surface area contributed by atoms with Gasteiger partial charge in [0.15, 0.2) is 0 Å². The highest BCUT2D eigenvalue weighted by atomic mass is 32.2. The number of benzene rings is 1. The molecule has 7 nitrogen and oxygen atoms in total. The van der Waals surface area contributed by atoms with Gasteiger partial charge >= 0.3 is 0 Å². The Morgan fingerprint density at radius 1 is 1.25 bits per heavy atom. The van der Waals surface area contributed by atoms with Crippen LogP contribution in [0.1, 0.15) is 35.8 Å². The Bertz CT molecular complexity index is 1040. The van der Waals surface area contributed by atoms with Crippen LogP contribution in [0.15, 0.2) is 45.9 Å². The maximum Gasteiger partial charge on any atom is 0.252 e. The smallest absolute Gasteiger partial charge is 0.252 e. The molecule has 0 radical (unpaired) electrons. The van der Waals surface area contributed by atoms with Crippen molar-refractivity contribution in [2.24, 2.45) is 0 Å². The Morgan fingerprint density at radius 2 is 2.04 bits per heavy atom. The SMILES string of the molecule is Cc1cc(NC(=O)[C@@H](C)Sc2cc(C(=O)NC3CC3)c3ccccc3n2)on1. The first-order chi connectivity index (χ1) is 13.5. The number of rotatable bonds is 6. The zero-order chi connectivity index (χ0) is 19.7. The first-order valence-electron chi connectivity index (χ1n) is 9.11. The number of carbonyl (C=O) groups is 2. The Balaban J connectivity index is 1.55. The number of anilines is 1. The molecule has 1 aromatic carbocycles. The number of fused-ring (bicyclic) bond motifs is 1. The minimum Gasteiger partial charge on any atom is -0.349 e. The lowest BCUT2D eigenvalue weighted by atomic mass is 10.1. The summed E-state index contributed by atoms with van der Waals surface area (Å²) >= 11 is 1.29. The summed E-state index contributed by atoms with van der Waals surface area (Å²) in [6, 6.07) is 11.2. The fraction of sp³-hybridized carbons (Fsp3) is 0.300. The van der Waals surface area contributed by atoms with Crippen molar-refractivity contribution >= 4 is 40.4 Å². The van der Waals surface area contributed by atoms with Crippen molar-refractivity contribution in [2.75, 3.05) is 5.32 Å². The second-order valence-corrected chi connectivity index (χ2v) is 8.22. The van der Waals surface area contributed by atoms with Crippen molar-refractivity contribution < 1.29 is 14.1 Å². The van der Waals surface area contributed by atoms with Crippen molar-refractivity contribution in [3.8, 4) is 0 Å². The molecule has 1 aliphatic rings. The van der Waals surface area contributed by atoms with Gasteiger partial charge in [0.2, 0.25) is 11.8 Å². The van der Waals surface area contributed by atoms with E-state index in [1.54, 1.807) is 26.0 Å². The highest BCUT2D eigenvalue weighted by Gasteiger charge is 2.25. The van der Waals surface area contributed by atoms with E-state index >= 15 is 0 Å². The average Bonchev–Trinajstić information content (AvgIpc) is 3.40. The van der Waals surface area contributed by atoms with Gasteiger partial charge in [-0.1, -0.05) is 35.1 Å². The maximum atomic E-state index is 12.7. The third-order valence-corrected chi connectivity index (χ3v) is 5.41. The fourth-order valence-electron chi connectivity index (χ4n) is 2.77. The van der Waals surface area contributed by atoms with Crippen LogP contribution in [-0.4, -0.2) is 33.2 Å². The molecule has 2 heterocycles. The zero-order valence-electron chi connectivity index (χ0n) is 15.6. The topological polar surface area (TPSA) is 97.1 Å². The minimum atomic E-state index is -0.432. The number of nitrogens with one attached hydrogen (secondary N) is 2. The summed E-state index contributed by atoms with van der Waals surface area (Å²) in [4.78, 5) is 29.7. The summed E-state index contributed by atoms with van der Waals surface area (Å²) in [7, 11) is 0. The van der Waals surface area contributed by atoms with E-state index in [2.05, 4.69) is 20.8 Å². The van der Waals surface area contributed by atoms with E-state index in [-0.39, 0.29) is 17.9 Å². The van der Waals surface area contributed by atoms with Crippen LogP contribution in [-0.2, 0) is 4.79 Å². The lowest BCUT2D eigenvalue weighted by molar-refractivity contribution is -0.115. The normalized spacial score (nSPS) is 14.6. The summed E-state index contributed by atoms with van der Waals surface area (Å²) in [5, 5.41) is 10.5. The lowest BCUT2D eigenvalue weighted by Crippen LogP contribution is -2.26. The molecule has 1 aliphatic carbocycles. The molecule has 144 valence electrons. The fourth-order valence-corrected chi connectivity index (χ4v) is 3.64. The summed E-state index contributed by atoms with van der Waals surface area (Å²) in [5.41, 5.74) is 2.00. The van der Waals surface area contributed by atoms with Crippen LogP contribution in [0.2, 0.25) is 0 Å². The zero-order valence-corrected chi connectivity index (χ0v) is 16.4. The Labute approximate surface area is 166 Å². The molecule has 2 aromatic heterocycles. The van der Waals surface area contributed by atoms with Gasteiger partial charge in [0.1, 0.15) is 0 Å². The molecule has 0 saturated heterocycles. The number of para-hydroxylation sites is 1. The monoisotopic (exact) mass is 396 g/mol. The molecule has 4 rings (SSSR count). The van der Waals surface area contributed by atoms with Crippen LogP contribution in [0.5, 0.6) is 0 Å². The van der Waals surface area contributed by atoms with Crippen LogP contribution in [0.25, 0.3) is 10.9 Å².